The molecule has 0 aliphatic heterocycles. The van der Waals surface area contributed by atoms with Crippen LogP contribution in [0.4, 0.5) is 11.4 Å². The Morgan fingerprint density at radius 1 is 0.829 bits per heavy atom. The Balaban J connectivity index is 1.65. The number of nitrogens with one attached hydrogen (secondary N) is 3. The minimum absolute atomic E-state index is 0.142. The molecule has 0 saturated heterocycles. The Morgan fingerprint density at radius 3 is 2.23 bits per heavy atom. The molecule has 3 aromatic carbocycles. The normalized spacial score (nSPS) is 10.8. The summed E-state index contributed by atoms with van der Waals surface area (Å²) < 4.78 is 2.11. The molecule has 0 aliphatic carbocycles. The predicted octanol–water partition coefficient (Wildman–Crippen LogP) is 5.94. The monoisotopic (exact) mass is 552 g/mol. The van der Waals surface area contributed by atoms with E-state index >= 15 is 0 Å². The number of halogens is 2. The summed E-state index contributed by atoms with van der Waals surface area (Å²) in [6.45, 7) is 5.55. The highest BCUT2D eigenvalue weighted by Crippen LogP contribution is 2.25. The topological polar surface area (TPSA) is 92.2 Å². The number of aromatic nitrogens is 1. The molecule has 178 valence electrons. The first-order valence-corrected chi connectivity index (χ1v) is 11.9. The van der Waals surface area contributed by atoms with Crippen LogP contribution >= 0.6 is 27.5 Å². The lowest BCUT2D eigenvalue weighted by atomic mass is 10.1. The zero-order valence-electron chi connectivity index (χ0n) is 19.2. The zero-order valence-corrected chi connectivity index (χ0v) is 21.5. The number of anilines is 2. The molecule has 3 amide bonds. The van der Waals surface area contributed by atoms with Crippen molar-refractivity contribution in [2.75, 3.05) is 16.1 Å². The van der Waals surface area contributed by atoms with Gasteiger partial charge in [-0.3, -0.25) is 19.8 Å². The van der Waals surface area contributed by atoms with Crippen molar-refractivity contribution in [3.8, 4) is 0 Å². The highest BCUT2D eigenvalue weighted by Gasteiger charge is 2.22. The van der Waals surface area contributed by atoms with Crippen molar-refractivity contribution < 1.29 is 14.4 Å². The van der Waals surface area contributed by atoms with Crippen molar-refractivity contribution in [2.45, 2.75) is 20.8 Å². The van der Waals surface area contributed by atoms with Gasteiger partial charge in [0.05, 0.1) is 5.52 Å². The van der Waals surface area contributed by atoms with Crippen LogP contribution in [0, 0.1) is 20.8 Å². The summed E-state index contributed by atoms with van der Waals surface area (Å²) in [7, 11) is 0. The molecule has 0 radical (unpaired) electrons. The van der Waals surface area contributed by atoms with Crippen LogP contribution in [0.2, 0.25) is 5.02 Å². The summed E-state index contributed by atoms with van der Waals surface area (Å²) in [6.07, 6.45) is 0. The van der Waals surface area contributed by atoms with Gasteiger partial charge >= 0.3 is 11.8 Å². The number of para-hydroxylation sites is 1. The van der Waals surface area contributed by atoms with E-state index in [9.17, 15) is 14.4 Å². The van der Waals surface area contributed by atoms with Gasteiger partial charge in [-0.2, -0.15) is 0 Å². The first kappa shape index (κ1) is 24.5. The van der Waals surface area contributed by atoms with Crippen molar-refractivity contribution in [3.63, 3.8) is 0 Å². The van der Waals surface area contributed by atoms with Crippen LogP contribution in [-0.2, 0) is 9.59 Å². The molecule has 0 bridgehead atoms. The fourth-order valence-corrected chi connectivity index (χ4v) is 4.23. The molecule has 7 nitrogen and oxygen atoms in total. The molecule has 0 unspecified atom stereocenters. The Kier molecular flexibility index (Phi) is 6.95. The summed E-state index contributed by atoms with van der Waals surface area (Å²) in [5, 5.41) is 6.67. The molecule has 4 rings (SSSR count). The fourth-order valence-electron chi connectivity index (χ4n) is 3.67. The van der Waals surface area contributed by atoms with Crippen LogP contribution in [0.15, 0.2) is 65.1 Å². The maximum atomic E-state index is 13.2. The molecular weight excluding hydrogens is 532 g/mol. The van der Waals surface area contributed by atoms with Gasteiger partial charge in [0.2, 0.25) is 0 Å². The molecule has 0 aliphatic rings. The second-order valence-corrected chi connectivity index (χ2v) is 9.47. The number of rotatable bonds is 4. The number of hydrogen-bond donors (Lipinski definition) is 3. The van der Waals surface area contributed by atoms with Crippen molar-refractivity contribution in [1.29, 1.82) is 0 Å². The van der Waals surface area contributed by atoms with Gasteiger partial charge in [-0.05, 0) is 73.9 Å². The van der Waals surface area contributed by atoms with Gasteiger partial charge in [-0.15, -0.1) is 0 Å². The third kappa shape index (κ3) is 5.23. The Bertz CT molecular complexity index is 1480. The molecule has 4 aromatic rings. The third-order valence-electron chi connectivity index (χ3n) is 5.57. The van der Waals surface area contributed by atoms with Gasteiger partial charge in [0, 0.05) is 26.3 Å². The summed E-state index contributed by atoms with van der Waals surface area (Å²) in [4.78, 5) is 38.8. The molecule has 0 spiro atoms. The number of aryl methyl sites for hydroxylation is 3. The number of fused-ring (bicyclic) bond motifs is 1. The van der Waals surface area contributed by atoms with Crippen LogP contribution in [0.3, 0.4) is 0 Å². The number of carbonyl (C=O) groups excluding carboxylic acids is 3. The highest BCUT2D eigenvalue weighted by atomic mass is 79.9. The van der Waals surface area contributed by atoms with Crippen LogP contribution < -0.4 is 16.1 Å². The standard InChI is InChI=1S/C26H22BrClN4O3/c1-14-7-9-19(13-20(14)28)29-24(33)22-12-17-11-18(27)8-10-21(17)32(22)31-26(35)25(34)30-23-15(2)5-4-6-16(23)3/h4-13H,1-3H3,(H,29,33)(H,30,34)(H,31,35). The van der Waals surface area contributed by atoms with Gasteiger partial charge in [0.25, 0.3) is 5.91 Å². The third-order valence-corrected chi connectivity index (χ3v) is 6.47. The van der Waals surface area contributed by atoms with Gasteiger partial charge < -0.3 is 10.6 Å². The van der Waals surface area contributed by atoms with Crippen molar-refractivity contribution in [2.24, 2.45) is 0 Å². The number of carbonyl (C=O) groups is 3. The lowest BCUT2D eigenvalue weighted by Gasteiger charge is -2.14. The SMILES string of the molecule is Cc1ccc(NC(=O)c2cc3cc(Br)ccc3n2NC(=O)C(=O)Nc2c(C)cccc2C)cc1Cl. The molecule has 9 heteroatoms. The molecule has 1 aromatic heterocycles. The van der Waals surface area contributed by atoms with Crippen molar-refractivity contribution >= 4 is 67.5 Å². The van der Waals surface area contributed by atoms with Crippen LogP contribution in [0.1, 0.15) is 27.2 Å². The molecule has 3 N–H and O–H groups in total. The summed E-state index contributed by atoms with van der Waals surface area (Å²) in [5.74, 6) is -2.24. The molecule has 0 saturated carbocycles. The van der Waals surface area contributed by atoms with E-state index in [0.29, 0.717) is 27.3 Å². The van der Waals surface area contributed by atoms with Gasteiger partial charge in [-0.1, -0.05) is 51.8 Å². The number of nitrogens with zero attached hydrogens (tertiary/aromatic N) is 1. The van der Waals surface area contributed by atoms with E-state index in [4.69, 9.17) is 11.6 Å². The second kappa shape index (κ2) is 9.93. The largest absolute Gasteiger partial charge is 0.328 e. The van der Waals surface area contributed by atoms with E-state index in [1.807, 2.05) is 45.0 Å². The lowest BCUT2D eigenvalue weighted by molar-refractivity contribution is -0.133. The van der Waals surface area contributed by atoms with Crippen molar-refractivity contribution in [1.82, 2.24) is 4.68 Å². The Morgan fingerprint density at radius 2 is 1.54 bits per heavy atom. The van der Waals surface area contributed by atoms with Gasteiger partial charge in [-0.25, -0.2) is 4.68 Å². The maximum Gasteiger partial charge on any atom is 0.328 e. The van der Waals surface area contributed by atoms with Crippen LogP contribution in [-0.4, -0.2) is 22.4 Å². The molecule has 0 fully saturated rings. The minimum Gasteiger partial charge on any atom is -0.321 e. The van der Waals surface area contributed by atoms with E-state index in [-0.39, 0.29) is 5.69 Å². The Hall–Kier alpha value is -3.62. The first-order valence-electron chi connectivity index (χ1n) is 10.7. The van der Waals surface area contributed by atoms with Gasteiger partial charge in [0.1, 0.15) is 5.69 Å². The van der Waals surface area contributed by atoms with Crippen molar-refractivity contribution in [3.05, 3.63) is 92.5 Å². The summed E-state index contributed by atoms with van der Waals surface area (Å²) >= 11 is 9.61. The van der Waals surface area contributed by atoms with E-state index in [0.717, 1.165) is 21.2 Å². The summed E-state index contributed by atoms with van der Waals surface area (Å²) in [6, 6.07) is 17.7. The second-order valence-electron chi connectivity index (χ2n) is 8.15. The molecular formula is C26H22BrClN4O3. The quantitative estimate of drug-likeness (QED) is 0.273. The molecule has 0 atom stereocenters. The van der Waals surface area contributed by atoms with E-state index in [1.54, 1.807) is 36.4 Å². The average Bonchev–Trinajstić information content (AvgIpc) is 3.16. The number of benzene rings is 3. The maximum absolute atomic E-state index is 13.2. The zero-order chi connectivity index (χ0) is 25.3. The molecule has 35 heavy (non-hydrogen) atoms. The van der Waals surface area contributed by atoms with Crippen LogP contribution in [0.5, 0.6) is 0 Å². The summed E-state index contributed by atoms with van der Waals surface area (Å²) in [5.41, 5.74) is 6.87. The number of amides is 3. The fraction of sp³-hybridized carbons (Fsp3) is 0.115. The highest BCUT2D eigenvalue weighted by molar-refractivity contribution is 9.10. The van der Waals surface area contributed by atoms with E-state index in [1.165, 1.54) is 4.68 Å². The van der Waals surface area contributed by atoms with E-state index < -0.39 is 17.7 Å². The van der Waals surface area contributed by atoms with Crippen LogP contribution in [0.25, 0.3) is 10.9 Å². The predicted molar refractivity (Wildman–Crippen MR) is 143 cm³/mol. The lowest BCUT2D eigenvalue weighted by Crippen LogP contribution is -2.36. The molecule has 1 heterocycles. The first-order chi connectivity index (χ1) is 16.6. The smallest absolute Gasteiger partial charge is 0.321 e. The Labute approximate surface area is 215 Å². The number of hydrogen-bond acceptors (Lipinski definition) is 3. The van der Waals surface area contributed by atoms with Gasteiger partial charge in [0.15, 0.2) is 0 Å². The average molecular weight is 554 g/mol. The minimum atomic E-state index is -0.916. The van der Waals surface area contributed by atoms with E-state index in [2.05, 4.69) is 32.0 Å².